The third kappa shape index (κ3) is 3.41. The van der Waals surface area contributed by atoms with Crippen LogP contribution in [0.3, 0.4) is 0 Å². The van der Waals surface area contributed by atoms with Gasteiger partial charge >= 0.3 is 0 Å². The molecule has 1 aromatic heterocycles. The quantitative estimate of drug-likeness (QED) is 0.850. The zero-order valence-electron chi connectivity index (χ0n) is 11.7. The van der Waals surface area contributed by atoms with Crippen LogP contribution in [-0.2, 0) is 6.54 Å². The van der Waals surface area contributed by atoms with E-state index in [-0.39, 0.29) is 11.2 Å². The number of nitrogens with zero attached hydrogens (tertiary/aromatic N) is 1. The minimum absolute atomic E-state index is 0.315. The SMILES string of the molecule is O=c1cc(CN(CC2CCNCC2)C2CC2)occ1O. The molecular formula is C15H22N2O3. The predicted molar refractivity (Wildman–Crippen MR) is 75.7 cm³/mol. The number of aromatic hydroxyl groups is 1. The lowest BCUT2D eigenvalue weighted by molar-refractivity contribution is 0.177. The lowest BCUT2D eigenvalue weighted by Gasteiger charge is -2.29. The fourth-order valence-electron chi connectivity index (χ4n) is 2.91. The topological polar surface area (TPSA) is 65.7 Å². The third-order valence-corrected chi connectivity index (χ3v) is 4.24. The van der Waals surface area contributed by atoms with E-state index in [9.17, 15) is 9.90 Å². The Morgan fingerprint density at radius 1 is 1.30 bits per heavy atom. The molecule has 0 aromatic carbocycles. The Balaban J connectivity index is 1.64. The van der Waals surface area contributed by atoms with Crippen molar-refractivity contribution in [1.82, 2.24) is 10.2 Å². The molecule has 5 nitrogen and oxygen atoms in total. The molecule has 2 fully saturated rings. The van der Waals surface area contributed by atoms with E-state index in [0.29, 0.717) is 18.3 Å². The van der Waals surface area contributed by atoms with E-state index < -0.39 is 0 Å². The van der Waals surface area contributed by atoms with Crippen LogP contribution in [0, 0.1) is 5.92 Å². The molecule has 0 unspecified atom stereocenters. The smallest absolute Gasteiger partial charge is 0.226 e. The Kier molecular flexibility index (Phi) is 4.08. The zero-order chi connectivity index (χ0) is 13.9. The Morgan fingerprint density at radius 3 is 2.70 bits per heavy atom. The molecule has 2 heterocycles. The van der Waals surface area contributed by atoms with E-state index in [1.54, 1.807) is 0 Å². The molecule has 5 heteroatoms. The Bertz CT molecular complexity index is 504. The molecule has 3 rings (SSSR count). The Labute approximate surface area is 118 Å². The molecular weight excluding hydrogens is 256 g/mol. The van der Waals surface area contributed by atoms with Gasteiger partial charge in [0.1, 0.15) is 12.0 Å². The molecule has 2 aliphatic rings. The van der Waals surface area contributed by atoms with Crippen LogP contribution < -0.4 is 10.7 Å². The molecule has 1 aliphatic heterocycles. The normalized spacial score (nSPS) is 20.4. The van der Waals surface area contributed by atoms with Gasteiger partial charge in [0.2, 0.25) is 5.43 Å². The largest absolute Gasteiger partial charge is 0.502 e. The fraction of sp³-hybridized carbons (Fsp3) is 0.667. The van der Waals surface area contributed by atoms with Crippen LogP contribution in [0.1, 0.15) is 31.4 Å². The van der Waals surface area contributed by atoms with Gasteiger partial charge in [-0.15, -0.1) is 0 Å². The van der Waals surface area contributed by atoms with Crippen LogP contribution in [0.5, 0.6) is 5.75 Å². The minimum Gasteiger partial charge on any atom is -0.502 e. The van der Waals surface area contributed by atoms with Crippen molar-refractivity contribution in [1.29, 1.82) is 0 Å². The summed E-state index contributed by atoms with van der Waals surface area (Å²) in [5.74, 6) is 1.07. The first-order valence-electron chi connectivity index (χ1n) is 7.48. The molecule has 0 amide bonds. The van der Waals surface area contributed by atoms with Crippen LogP contribution in [0.2, 0.25) is 0 Å². The molecule has 1 aliphatic carbocycles. The highest BCUT2D eigenvalue weighted by Crippen LogP contribution is 2.30. The van der Waals surface area contributed by atoms with Crippen LogP contribution in [-0.4, -0.2) is 35.7 Å². The van der Waals surface area contributed by atoms with Gasteiger partial charge in [-0.1, -0.05) is 0 Å². The van der Waals surface area contributed by atoms with Crippen molar-refractivity contribution in [3.05, 3.63) is 28.3 Å². The summed E-state index contributed by atoms with van der Waals surface area (Å²) in [6.45, 7) is 3.97. The van der Waals surface area contributed by atoms with Crippen LogP contribution in [0.25, 0.3) is 0 Å². The number of hydrogen-bond acceptors (Lipinski definition) is 5. The second-order valence-electron chi connectivity index (χ2n) is 5.95. The molecule has 20 heavy (non-hydrogen) atoms. The van der Waals surface area contributed by atoms with E-state index in [1.807, 2.05) is 0 Å². The highest BCUT2D eigenvalue weighted by atomic mass is 16.4. The van der Waals surface area contributed by atoms with E-state index in [1.165, 1.54) is 31.7 Å². The second kappa shape index (κ2) is 5.97. The molecule has 1 aromatic rings. The molecule has 2 N–H and O–H groups in total. The summed E-state index contributed by atoms with van der Waals surface area (Å²) in [5, 5.41) is 12.6. The van der Waals surface area contributed by atoms with Gasteiger partial charge in [0.15, 0.2) is 5.75 Å². The standard InChI is InChI=1S/C15H22N2O3/c18-14-7-13(20-10-15(14)19)9-17(12-1-2-12)8-11-3-5-16-6-4-11/h7,10-12,16,19H,1-6,8-9H2. The average Bonchev–Trinajstić information content (AvgIpc) is 3.28. The fourth-order valence-corrected chi connectivity index (χ4v) is 2.91. The van der Waals surface area contributed by atoms with E-state index in [2.05, 4.69) is 10.2 Å². The van der Waals surface area contributed by atoms with Gasteiger partial charge in [-0.25, -0.2) is 0 Å². The maximum Gasteiger partial charge on any atom is 0.226 e. The molecule has 1 saturated heterocycles. The number of hydrogen-bond donors (Lipinski definition) is 2. The van der Waals surface area contributed by atoms with E-state index in [0.717, 1.165) is 31.8 Å². The molecule has 110 valence electrons. The number of piperidine rings is 1. The minimum atomic E-state index is -0.358. The van der Waals surface area contributed by atoms with Gasteiger partial charge in [-0.3, -0.25) is 9.69 Å². The van der Waals surface area contributed by atoms with Gasteiger partial charge in [-0.2, -0.15) is 0 Å². The van der Waals surface area contributed by atoms with Gasteiger partial charge in [-0.05, 0) is 44.7 Å². The first-order valence-corrected chi connectivity index (χ1v) is 7.48. The zero-order valence-corrected chi connectivity index (χ0v) is 11.7. The predicted octanol–water partition coefficient (Wildman–Crippen LogP) is 1.31. The van der Waals surface area contributed by atoms with Crippen LogP contribution in [0.15, 0.2) is 21.5 Å². The van der Waals surface area contributed by atoms with Crippen molar-refractivity contribution in [3.8, 4) is 5.75 Å². The second-order valence-corrected chi connectivity index (χ2v) is 5.95. The number of nitrogens with one attached hydrogen (secondary N) is 1. The third-order valence-electron chi connectivity index (χ3n) is 4.24. The van der Waals surface area contributed by atoms with E-state index in [4.69, 9.17) is 4.42 Å². The maximum absolute atomic E-state index is 11.5. The summed E-state index contributed by atoms with van der Waals surface area (Å²) >= 11 is 0. The Hall–Kier alpha value is -1.33. The highest BCUT2D eigenvalue weighted by Gasteiger charge is 2.31. The van der Waals surface area contributed by atoms with Crippen LogP contribution >= 0.6 is 0 Å². The summed E-state index contributed by atoms with van der Waals surface area (Å²) in [4.78, 5) is 13.9. The molecule has 1 saturated carbocycles. The summed E-state index contributed by atoms with van der Waals surface area (Å²) in [7, 11) is 0. The number of rotatable bonds is 5. The summed E-state index contributed by atoms with van der Waals surface area (Å²) in [5.41, 5.74) is -0.358. The van der Waals surface area contributed by atoms with Crippen molar-refractivity contribution in [2.45, 2.75) is 38.3 Å². The first kappa shape index (κ1) is 13.6. The maximum atomic E-state index is 11.5. The van der Waals surface area contributed by atoms with Gasteiger partial charge in [0.05, 0.1) is 6.54 Å². The monoisotopic (exact) mass is 278 g/mol. The molecule has 0 spiro atoms. The average molecular weight is 278 g/mol. The van der Waals surface area contributed by atoms with Crippen molar-refractivity contribution < 1.29 is 9.52 Å². The van der Waals surface area contributed by atoms with E-state index >= 15 is 0 Å². The van der Waals surface area contributed by atoms with Crippen LogP contribution in [0.4, 0.5) is 0 Å². The molecule has 0 bridgehead atoms. The molecule has 0 atom stereocenters. The summed E-state index contributed by atoms with van der Waals surface area (Å²) < 4.78 is 5.33. The highest BCUT2D eigenvalue weighted by molar-refractivity contribution is 5.15. The first-order chi connectivity index (χ1) is 9.72. The lowest BCUT2D eigenvalue weighted by Crippen LogP contribution is -2.37. The van der Waals surface area contributed by atoms with Crippen molar-refractivity contribution in [2.75, 3.05) is 19.6 Å². The van der Waals surface area contributed by atoms with Crippen molar-refractivity contribution in [2.24, 2.45) is 5.92 Å². The van der Waals surface area contributed by atoms with Crippen molar-refractivity contribution >= 4 is 0 Å². The summed E-state index contributed by atoms with van der Waals surface area (Å²) in [6, 6.07) is 2.05. The Morgan fingerprint density at radius 2 is 2.05 bits per heavy atom. The summed E-state index contributed by atoms with van der Waals surface area (Å²) in [6.07, 6.45) is 6.08. The molecule has 0 radical (unpaired) electrons. The van der Waals surface area contributed by atoms with Crippen molar-refractivity contribution in [3.63, 3.8) is 0 Å². The van der Waals surface area contributed by atoms with Gasteiger partial charge < -0.3 is 14.8 Å². The van der Waals surface area contributed by atoms with Gasteiger partial charge in [0.25, 0.3) is 0 Å². The lowest BCUT2D eigenvalue weighted by atomic mass is 9.97. The van der Waals surface area contributed by atoms with Gasteiger partial charge in [0, 0.05) is 18.7 Å².